The molecule has 6 rings (SSSR count). The van der Waals surface area contributed by atoms with Crippen LogP contribution < -0.4 is 9.91 Å². The van der Waals surface area contributed by atoms with E-state index in [0.29, 0.717) is 23.1 Å². The molecular formula is C20H11F3N8O. The summed E-state index contributed by atoms with van der Waals surface area (Å²) in [6.45, 7) is 0. The highest BCUT2D eigenvalue weighted by Crippen LogP contribution is 2.48. The molecule has 12 heteroatoms. The van der Waals surface area contributed by atoms with E-state index in [1.54, 1.807) is 29.4 Å². The van der Waals surface area contributed by atoms with E-state index in [0.717, 1.165) is 11.0 Å². The lowest BCUT2D eigenvalue weighted by molar-refractivity contribution is 0.191. The number of hydrazine groups is 1. The quantitative estimate of drug-likeness (QED) is 0.446. The molecule has 0 saturated carbocycles. The van der Waals surface area contributed by atoms with Gasteiger partial charge in [-0.25, -0.2) is 28.7 Å². The Kier molecular flexibility index (Phi) is 3.70. The number of fused-ring (bicyclic) bond motifs is 6. The molecule has 4 heterocycles. The summed E-state index contributed by atoms with van der Waals surface area (Å²) in [5.74, 6) is -1.41. The van der Waals surface area contributed by atoms with Gasteiger partial charge in [-0.15, -0.1) is 0 Å². The summed E-state index contributed by atoms with van der Waals surface area (Å²) >= 11 is 0. The van der Waals surface area contributed by atoms with Crippen LogP contribution in [0.2, 0.25) is 0 Å². The summed E-state index contributed by atoms with van der Waals surface area (Å²) in [6, 6.07) is 10.1. The first-order valence-electron chi connectivity index (χ1n) is 9.40. The number of halogens is 3. The molecule has 158 valence electrons. The molecule has 1 aromatic heterocycles. The zero-order valence-corrected chi connectivity index (χ0v) is 16.0. The first-order valence-corrected chi connectivity index (χ1v) is 9.40. The van der Waals surface area contributed by atoms with Crippen LogP contribution in [0.1, 0.15) is 11.7 Å². The third-order valence-corrected chi connectivity index (χ3v) is 5.33. The smallest absolute Gasteiger partial charge is 0.291 e. The van der Waals surface area contributed by atoms with Crippen molar-refractivity contribution in [3.8, 4) is 17.6 Å². The Morgan fingerprint density at radius 3 is 2.78 bits per heavy atom. The SMILES string of the molecule is N#CN1C=C2N(c3ccccc3C3N=CN(c4noc(-c5ccc(F)cc5F)n4)N23)C1F. The first-order chi connectivity index (χ1) is 15.6. The van der Waals surface area contributed by atoms with Gasteiger partial charge in [-0.2, -0.15) is 14.6 Å². The van der Waals surface area contributed by atoms with Gasteiger partial charge in [0.25, 0.3) is 18.3 Å². The highest BCUT2D eigenvalue weighted by Gasteiger charge is 2.48. The van der Waals surface area contributed by atoms with Crippen LogP contribution in [0, 0.1) is 23.1 Å². The van der Waals surface area contributed by atoms with Gasteiger partial charge in [-0.05, 0) is 23.4 Å². The minimum absolute atomic E-state index is 0.000946. The predicted molar refractivity (Wildman–Crippen MR) is 105 cm³/mol. The minimum atomic E-state index is -1.74. The number of nitriles is 1. The second-order valence-corrected chi connectivity index (χ2v) is 7.09. The molecule has 0 spiro atoms. The third kappa shape index (κ3) is 2.41. The number of hydrogen-bond acceptors (Lipinski definition) is 9. The topological polar surface area (TPSA) is 88.0 Å². The summed E-state index contributed by atoms with van der Waals surface area (Å²) in [7, 11) is 0. The van der Waals surface area contributed by atoms with E-state index >= 15 is 4.39 Å². The molecular weight excluding hydrogens is 425 g/mol. The van der Waals surface area contributed by atoms with Crippen LogP contribution in [0.4, 0.5) is 24.8 Å². The van der Waals surface area contributed by atoms with Crippen LogP contribution >= 0.6 is 0 Å². The van der Waals surface area contributed by atoms with Crippen molar-refractivity contribution < 1.29 is 17.7 Å². The fraction of sp³-hybridized carbons (Fsp3) is 0.100. The summed E-state index contributed by atoms with van der Waals surface area (Å²) in [6.07, 6.45) is 2.29. The first kappa shape index (κ1) is 18.3. The van der Waals surface area contributed by atoms with Gasteiger partial charge in [0, 0.05) is 11.6 Å². The lowest BCUT2D eigenvalue weighted by atomic mass is 10.1. The number of rotatable bonds is 2. The number of alkyl halides is 1. The average Bonchev–Trinajstić information content (AvgIpc) is 3.50. The molecule has 2 unspecified atom stereocenters. The van der Waals surface area contributed by atoms with Gasteiger partial charge in [-0.3, -0.25) is 4.90 Å². The number of benzene rings is 2. The molecule has 0 aliphatic carbocycles. The van der Waals surface area contributed by atoms with Crippen LogP contribution in [-0.2, 0) is 0 Å². The van der Waals surface area contributed by atoms with E-state index in [9.17, 15) is 14.0 Å². The van der Waals surface area contributed by atoms with E-state index in [-0.39, 0.29) is 17.4 Å². The van der Waals surface area contributed by atoms with Gasteiger partial charge in [0.1, 0.15) is 18.0 Å². The standard InChI is InChI=1S/C20H11F3N8O/c21-11-5-6-12(14(22)7-11)18-26-20(27-32-18)29-10-25-17-13-3-1-2-4-15(13)30-16(31(17)29)8-28(9-24)19(30)23/h1-8,10,17,19H. The average molecular weight is 436 g/mol. The molecule has 32 heavy (non-hydrogen) atoms. The van der Waals surface area contributed by atoms with Crippen molar-refractivity contribution >= 4 is 18.0 Å². The Morgan fingerprint density at radius 1 is 1.12 bits per heavy atom. The monoisotopic (exact) mass is 436 g/mol. The molecule has 9 nitrogen and oxygen atoms in total. The van der Waals surface area contributed by atoms with Crippen molar-refractivity contribution in [2.24, 2.45) is 4.99 Å². The number of aromatic nitrogens is 2. The van der Waals surface area contributed by atoms with E-state index in [1.807, 2.05) is 6.07 Å². The maximum absolute atomic E-state index is 15.1. The highest BCUT2D eigenvalue weighted by atomic mass is 19.1. The molecule has 2 atom stereocenters. The number of hydrogen-bond donors (Lipinski definition) is 0. The van der Waals surface area contributed by atoms with E-state index in [2.05, 4.69) is 15.1 Å². The molecule has 3 aromatic rings. The summed E-state index contributed by atoms with van der Waals surface area (Å²) < 4.78 is 47.6. The molecule has 0 amide bonds. The van der Waals surface area contributed by atoms with Crippen LogP contribution in [0.3, 0.4) is 0 Å². The molecule has 3 aliphatic rings. The Hall–Kier alpha value is -4.53. The molecule has 0 radical (unpaired) electrons. The van der Waals surface area contributed by atoms with E-state index in [4.69, 9.17) is 4.52 Å². The van der Waals surface area contributed by atoms with Gasteiger partial charge < -0.3 is 4.52 Å². The number of para-hydroxylation sites is 1. The van der Waals surface area contributed by atoms with Gasteiger partial charge in [-0.1, -0.05) is 18.2 Å². The number of nitrogens with zero attached hydrogens (tertiary/aromatic N) is 8. The van der Waals surface area contributed by atoms with Crippen LogP contribution in [0.15, 0.2) is 64.0 Å². The highest BCUT2D eigenvalue weighted by molar-refractivity contribution is 5.80. The Labute approximate surface area is 178 Å². The fourth-order valence-electron chi connectivity index (χ4n) is 3.93. The Balaban J connectivity index is 1.43. The van der Waals surface area contributed by atoms with Crippen molar-refractivity contribution in [1.29, 1.82) is 5.26 Å². The van der Waals surface area contributed by atoms with Gasteiger partial charge in [0.15, 0.2) is 18.2 Å². The molecule has 0 fully saturated rings. The number of anilines is 2. The summed E-state index contributed by atoms with van der Waals surface area (Å²) in [5.41, 5.74) is 1.22. The lowest BCUT2D eigenvalue weighted by Crippen LogP contribution is -2.49. The largest absolute Gasteiger partial charge is 0.332 e. The van der Waals surface area contributed by atoms with Crippen molar-refractivity contribution in [2.45, 2.75) is 12.6 Å². The van der Waals surface area contributed by atoms with Gasteiger partial charge in [0.05, 0.1) is 17.5 Å². The maximum atomic E-state index is 15.1. The maximum Gasteiger partial charge on any atom is 0.291 e. The van der Waals surface area contributed by atoms with E-state index < -0.39 is 24.2 Å². The number of aliphatic imine (C=N–C) groups is 1. The molecule has 0 N–H and O–H groups in total. The molecule has 3 aliphatic heterocycles. The normalized spacial score (nSPS) is 20.8. The fourth-order valence-corrected chi connectivity index (χ4v) is 3.93. The van der Waals surface area contributed by atoms with Crippen molar-refractivity contribution in [3.05, 3.63) is 71.7 Å². The zero-order valence-electron chi connectivity index (χ0n) is 16.0. The van der Waals surface area contributed by atoms with Crippen molar-refractivity contribution in [2.75, 3.05) is 9.91 Å². The second kappa shape index (κ2) is 6.48. The van der Waals surface area contributed by atoms with Crippen LogP contribution in [0.25, 0.3) is 11.5 Å². The minimum Gasteiger partial charge on any atom is -0.332 e. The van der Waals surface area contributed by atoms with Gasteiger partial charge >= 0.3 is 0 Å². The summed E-state index contributed by atoms with van der Waals surface area (Å²) in [5, 5.41) is 16.2. The summed E-state index contributed by atoms with van der Waals surface area (Å²) in [4.78, 5) is 10.9. The van der Waals surface area contributed by atoms with Gasteiger partial charge in [0.2, 0.25) is 0 Å². The van der Waals surface area contributed by atoms with Crippen LogP contribution in [-0.4, -0.2) is 32.8 Å². The molecule has 0 bridgehead atoms. The molecule has 0 saturated heterocycles. The van der Waals surface area contributed by atoms with Crippen molar-refractivity contribution in [3.63, 3.8) is 0 Å². The van der Waals surface area contributed by atoms with Crippen molar-refractivity contribution in [1.82, 2.24) is 20.0 Å². The van der Waals surface area contributed by atoms with E-state index in [1.165, 1.54) is 28.5 Å². The Morgan fingerprint density at radius 2 is 1.97 bits per heavy atom. The Bertz CT molecular complexity index is 1350. The molecule has 2 aromatic carbocycles. The third-order valence-electron chi connectivity index (χ3n) is 5.33. The second-order valence-electron chi connectivity index (χ2n) is 7.09. The zero-order chi connectivity index (χ0) is 22.0. The van der Waals surface area contributed by atoms with Crippen LogP contribution in [0.5, 0.6) is 0 Å². The predicted octanol–water partition coefficient (Wildman–Crippen LogP) is 3.45. The lowest BCUT2D eigenvalue weighted by Gasteiger charge is -2.42.